The molecule has 1 aromatic carbocycles. The van der Waals surface area contributed by atoms with Crippen molar-refractivity contribution >= 4 is 21.6 Å². The molecular weight excluding hydrogens is 343 g/mol. The first kappa shape index (κ1) is 18.1. The summed E-state index contributed by atoms with van der Waals surface area (Å²) in [7, 11) is -4.79. The molecule has 1 rings (SSSR count). The molecule has 0 heterocycles. The third-order valence-electron chi connectivity index (χ3n) is 2.41. The summed E-state index contributed by atoms with van der Waals surface area (Å²) < 4.78 is 87.8. The van der Waals surface area contributed by atoms with E-state index in [2.05, 4.69) is 0 Å². The van der Waals surface area contributed by atoms with Gasteiger partial charge in [-0.1, -0.05) is 11.6 Å². The van der Waals surface area contributed by atoms with Gasteiger partial charge in [0.05, 0.1) is 6.54 Å². The number of nitrogens with one attached hydrogen (secondary N) is 1. The van der Waals surface area contributed by atoms with E-state index in [1.54, 1.807) is 0 Å². The van der Waals surface area contributed by atoms with Crippen LogP contribution in [0.3, 0.4) is 0 Å². The zero-order valence-corrected chi connectivity index (χ0v) is 11.8. The molecule has 0 aliphatic heterocycles. The Morgan fingerprint density at radius 1 is 1.33 bits per heavy atom. The number of nitrogens with two attached hydrogens (primary N) is 1. The highest BCUT2D eigenvalue weighted by atomic mass is 35.5. The Hall–Kier alpha value is -0.970. The number of halogens is 6. The minimum Gasteiger partial charge on any atom is -0.326 e. The highest BCUT2D eigenvalue weighted by Crippen LogP contribution is 2.25. The molecule has 1 aromatic rings. The van der Waals surface area contributed by atoms with Crippen molar-refractivity contribution in [1.82, 2.24) is 4.72 Å². The molecule has 120 valence electrons. The standard InChI is InChI=1S/C10H10ClF5N2O2S/c11-6-1-5(3-17)8(12)7(2-6)21(19,20)18-4-10(15,16)9(13)14/h1-2,9,18H,3-4,17H2. The summed E-state index contributed by atoms with van der Waals surface area (Å²) in [6.07, 6.45) is -4.07. The Labute approximate surface area is 122 Å². The van der Waals surface area contributed by atoms with E-state index >= 15 is 0 Å². The van der Waals surface area contributed by atoms with Gasteiger partial charge in [0.1, 0.15) is 10.7 Å². The number of sulfonamides is 1. The molecule has 0 aliphatic rings. The van der Waals surface area contributed by atoms with Crippen molar-refractivity contribution < 1.29 is 30.4 Å². The van der Waals surface area contributed by atoms with Crippen LogP contribution in [-0.2, 0) is 16.6 Å². The molecule has 0 fully saturated rings. The zero-order valence-electron chi connectivity index (χ0n) is 10.2. The molecule has 0 saturated carbocycles. The number of rotatable bonds is 6. The van der Waals surface area contributed by atoms with Gasteiger partial charge in [-0.25, -0.2) is 26.3 Å². The molecule has 11 heteroatoms. The van der Waals surface area contributed by atoms with Crippen molar-refractivity contribution in [2.45, 2.75) is 23.8 Å². The van der Waals surface area contributed by atoms with Gasteiger partial charge < -0.3 is 5.73 Å². The second-order valence-corrected chi connectivity index (χ2v) is 6.14. The van der Waals surface area contributed by atoms with Crippen LogP contribution >= 0.6 is 11.6 Å². The maximum atomic E-state index is 13.8. The van der Waals surface area contributed by atoms with E-state index in [1.165, 1.54) is 4.72 Å². The molecule has 0 unspecified atom stereocenters. The zero-order chi connectivity index (χ0) is 16.4. The monoisotopic (exact) mass is 352 g/mol. The molecule has 3 N–H and O–H groups in total. The van der Waals surface area contributed by atoms with Gasteiger partial charge in [-0.2, -0.15) is 8.78 Å². The van der Waals surface area contributed by atoms with E-state index in [0.29, 0.717) is 6.07 Å². The van der Waals surface area contributed by atoms with E-state index in [4.69, 9.17) is 17.3 Å². The first-order valence-corrected chi connectivity index (χ1v) is 7.21. The lowest BCUT2D eigenvalue weighted by Gasteiger charge is -2.16. The molecular formula is C10H10ClF5N2O2S. The van der Waals surface area contributed by atoms with Gasteiger partial charge in [-0.05, 0) is 12.1 Å². The largest absolute Gasteiger partial charge is 0.326 e. The highest BCUT2D eigenvalue weighted by molar-refractivity contribution is 7.89. The Bertz CT molecular complexity index is 624. The van der Waals surface area contributed by atoms with Crippen molar-refractivity contribution in [1.29, 1.82) is 0 Å². The molecule has 0 aromatic heterocycles. The third-order valence-corrected chi connectivity index (χ3v) is 4.02. The normalized spacial score (nSPS) is 13.0. The predicted octanol–water partition coefficient (Wildman–Crippen LogP) is 2.12. The van der Waals surface area contributed by atoms with E-state index in [9.17, 15) is 30.4 Å². The third kappa shape index (κ3) is 4.25. The maximum Gasteiger partial charge on any atom is 0.320 e. The van der Waals surface area contributed by atoms with E-state index < -0.39 is 39.6 Å². The lowest BCUT2D eigenvalue weighted by molar-refractivity contribution is -0.122. The molecule has 0 aliphatic carbocycles. The Morgan fingerprint density at radius 2 is 1.90 bits per heavy atom. The summed E-state index contributed by atoms with van der Waals surface area (Å²) in [5.74, 6) is -5.87. The quantitative estimate of drug-likeness (QED) is 0.770. The molecule has 0 atom stereocenters. The molecule has 0 saturated heterocycles. The minimum absolute atomic E-state index is 0.196. The van der Waals surface area contributed by atoms with Gasteiger partial charge in [0, 0.05) is 17.1 Å². The molecule has 0 radical (unpaired) electrons. The van der Waals surface area contributed by atoms with Gasteiger partial charge in [0.2, 0.25) is 10.0 Å². The summed E-state index contributed by atoms with van der Waals surface area (Å²) in [6, 6.07) is 1.72. The second kappa shape index (κ2) is 6.42. The van der Waals surface area contributed by atoms with Crippen LogP contribution in [0.2, 0.25) is 5.02 Å². The average molecular weight is 353 g/mol. The fourth-order valence-electron chi connectivity index (χ4n) is 1.31. The van der Waals surface area contributed by atoms with Crippen LogP contribution in [-0.4, -0.2) is 27.3 Å². The van der Waals surface area contributed by atoms with Crippen LogP contribution in [0, 0.1) is 5.82 Å². The van der Waals surface area contributed by atoms with E-state index in [-0.39, 0.29) is 17.1 Å². The van der Waals surface area contributed by atoms with Crippen molar-refractivity contribution in [3.05, 3.63) is 28.5 Å². The number of hydrogen-bond donors (Lipinski definition) is 2. The van der Waals surface area contributed by atoms with Crippen molar-refractivity contribution in [2.24, 2.45) is 5.73 Å². The number of benzene rings is 1. The first-order valence-electron chi connectivity index (χ1n) is 5.35. The van der Waals surface area contributed by atoms with Crippen LogP contribution in [0.15, 0.2) is 17.0 Å². The fourth-order valence-corrected chi connectivity index (χ4v) is 2.80. The first-order chi connectivity index (χ1) is 9.51. The van der Waals surface area contributed by atoms with Gasteiger partial charge >= 0.3 is 12.3 Å². The lowest BCUT2D eigenvalue weighted by Crippen LogP contribution is -2.41. The Balaban J connectivity index is 3.12. The van der Waals surface area contributed by atoms with Gasteiger partial charge in [0.25, 0.3) is 0 Å². The minimum atomic E-state index is -4.79. The number of alkyl halides is 4. The molecule has 4 nitrogen and oxygen atoms in total. The fraction of sp³-hybridized carbons (Fsp3) is 0.400. The lowest BCUT2D eigenvalue weighted by atomic mass is 10.2. The van der Waals surface area contributed by atoms with E-state index in [1.807, 2.05) is 0 Å². The summed E-state index contributed by atoms with van der Waals surface area (Å²) >= 11 is 5.56. The maximum absolute atomic E-state index is 13.8. The van der Waals surface area contributed by atoms with E-state index in [0.717, 1.165) is 6.07 Å². The Kier molecular flexibility index (Phi) is 5.53. The van der Waals surface area contributed by atoms with Gasteiger partial charge in [-0.3, -0.25) is 0 Å². The van der Waals surface area contributed by atoms with Crippen LogP contribution in [0.25, 0.3) is 0 Å². The van der Waals surface area contributed by atoms with Crippen LogP contribution in [0.1, 0.15) is 5.56 Å². The van der Waals surface area contributed by atoms with Crippen molar-refractivity contribution in [2.75, 3.05) is 6.54 Å². The van der Waals surface area contributed by atoms with Gasteiger partial charge in [-0.15, -0.1) is 0 Å². The van der Waals surface area contributed by atoms with Crippen molar-refractivity contribution in [3.63, 3.8) is 0 Å². The number of hydrogen-bond acceptors (Lipinski definition) is 3. The summed E-state index contributed by atoms with van der Waals surface area (Å²) in [4.78, 5) is -1.04. The topological polar surface area (TPSA) is 72.2 Å². The molecule has 21 heavy (non-hydrogen) atoms. The molecule has 0 spiro atoms. The predicted molar refractivity (Wildman–Crippen MR) is 65.4 cm³/mol. The van der Waals surface area contributed by atoms with Crippen LogP contribution < -0.4 is 10.5 Å². The highest BCUT2D eigenvalue weighted by Gasteiger charge is 2.42. The second-order valence-electron chi connectivity index (χ2n) is 3.97. The summed E-state index contributed by atoms with van der Waals surface area (Å²) in [6.45, 7) is -2.26. The summed E-state index contributed by atoms with van der Waals surface area (Å²) in [5.41, 5.74) is 4.92. The van der Waals surface area contributed by atoms with Crippen molar-refractivity contribution in [3.8, 4) is 0 Å². The summed E-state index contributed by atoms with van der Waals surface area (Å²) in [5, 5.41) is -0.196. The molecule has 0 bridgehead atoms. The molecule has 0 amide bonds. The average Bonchev–Trinajstić information content (AvgIpc) is 2.38. The SMILES string of the molecule is NCc1cc(Cl)cc(S(=O)(=O)NCC(F)(F)C(F)F)c1F. The van der Waals surface area contributed by atoms with Gasteiger partial charge in [0.15, 0.2) is 0 Å². The smallest absolute Gasteiger partial charge is 0.320 e. The van der Waals surface area contributed by atoms with Crippen LogP contribution in [0.5, 0.6) is 0 Å². The van der Waals surface area contributed by atoms with Crippen LogP contribution in [0.4, 0.5) is 22.0 Å². The Morgan fingerprint density at radius 3 is 2.38 bits per heavy atom.